The van der Waals surface area contributed by atoms with Crippen molar-refractivity contribution in [3.8, 4) is 0 Å². The first-order valence-electron chi connectivity index (χ1n) is 4.99. The highest BCUT2D eigenvalue weighted by molar-refractivity contribution is 6.31. The average molecular weight is 246 g/mol. The molecule has 86 valence electrons. The van der Waals surface area contributed by atoms with Gasteiger partial charge in [-0.15, -0.1) is 0 Å². The van der Waals surface area contributed by atoms with Gasteiger partial charge in [0.15, 0.2) is 0 Å². The maximum absolute atomic E-state index is 13.3. The lowest BCUT2D eigenvalue weighted by atomic mass is 10.2. The highest BCUT2D eigenvalue weighted by Gasteiger charge is 2.29. The molecular formula is C11H10ClF2NO. The van der Waals surface area contributed by atoms with E-state index in [-0.39, 0.29) is 29.0 Å². The summed E-state index contributed by atoms with van der Waals surface area (Å²) in [6.45, 7) is -0.0717. The predicted octanol–water partition coefficient (Wildman–Crippen LogP) is 2.64. The molecule has 0 radical (unpaired) electrons. The lowest BCUT2D eigenvalue weighted by Gasteiger charge is -2.08. The van der Waals surface area contributed by atoms with Gasteiger partial charge < -0.3 is 5.32 Å². The summed E-state index contributed by atoms with van der Waals surface area (Å²) in [5, 5.41) is 2.27. The van der Waals surface area contributed by atoms with Gasteiger partial charge in [-0.2, -0.15) is 0 Å². The normalized spacial score (nSPS) is 14.9. The molecule has 0 saturated heterocycles. The maximum atomic E-state index is 13.3. The van der Waals surface area contributed by atoms with E-state index in [9.17, 15) is 13.6 Å². The average Bonchev–Trinajstić information content (AvgIpc) is 3.07. The first-order chi connectivity index (χ1) is 7.59. The number of nitrogens with one attached hydrogen (secondary N) is 1. The van der Waals surface area contributed by atoms with Crippen molar-refractivity contribution in [1.82, 2.24) is 5.32 Å². The molecule has 1 amide bonds. The summed E-state index contributed by atoms with van der Waals surface area (Å²) in [5.74, 6) is -1.38. The van der Waals surface area contributed by atoms with Crippen molar-refractivity contribution >= 4 is 17.5 Å². The van der Waals surface area contributed by atoms with E-state index >= 15 is 0 Å². The van der Waals surface area contributed by atoms with Crippen molar-refractivity contribution in [2.45, 2.75) is 19.4 Å². The van der Waals surface area contributed by atoms with Crippen molar-refractivity contribution in [3.63, 3.8) is 0 Å². The molecule has 0 aliphatic heterocycles. The first kappa shape index (κ1) is 11.3. The summed E-state index contributed by atoms with van der Waals surface area (Å²) in [6.07, 6.45) is 1.73. The molecule has 0 heterocycles. The van der Waals surface area contributed by atoms with E-state index in [1.165, 1.54) is 0 Å². The number of hydrogen-bond acceptors (Lipinski definition) is 1. The number of carbonyl (C=O) groups excluding carboxylic acids is 1. The van der Waals surface area contributed by atoms with Crippen LogP contribution in [0.25, 0.3) is 0 Å². The molecule has 0 aromatic heterocycles. The van der Waals surface area contributed by atoms with Crippen molar-refractivity contribution < 1.29 is 13.6 Å². The van der Waals surface area contributed by atoms with E-state index in [0.717, 1.165) is 25.0 Å². The van der Waals surface area contributed by atoms with Crippen LogP contribution in [-0.2, 0) is 11.3 Å². The molecule has 1 fully saturated rings. The third-order valence-electron chi connectivity index (χ3n) is 2.53. The minimum Gasteiger partial charge on any atom is -0.352 e. The second-order valence-electron chi connectivity index (χ2n) is 3.81. The molecule has 16 heavy (non-hydrogen) atoms. The van der Waals surface area contributed by atoms with Gasteiger partial charge in [-0.25, -0.2) is 8.78 Å². The number of carbonyl (C=O) groups is 1. The molecule has 2 rings (SSSR count). The molecule has 1 saturated carbocycles. The van der Waals surface area contributed by atoms with E-state index in [0.29, 0.717) is 0 Å². The Bertz CT molecular complexity index is 432. The molecule has 5 heteroatoms. The third kappa shape index (κ3) is 2.32. The Labute approximate surface area is 96.6 Å². The number of amides is 1. The van der Waals surface area contributed by atoms with Gasteiger partial charge in [0, 0.05) is 18.0 Å². The lowest BCUT2D eigenvalue weighted by Crippen LogP contribution is -2.25. The number of rotatable bonds is 3. The standard InChI is InChI=1S/C11H10ClF2NO/c12-10-7(8(13)3-4-9(10)14)5-15-11(16)6-1-2-6/h3-4,6H,1-2,5H2,(H,15,16). The van der Waals surface area contributed by atoms with Crippen LogP contribution in [0.5, 0.6) is 0 Å². The second kappa shape index (κ2) is 4.37. The highest BCUT2D eigenvalue weighted by Crippen LogP contribution is 2.29. The van der Waals surface area contributed by atoms with Crippen LogP contribution in [0.4, 0.5) is 8.78 Å². The van der Waals surface area contributed by atoms with E-state index in [4.69, 9.17) is 11.6 Å². The maximum Gasteiger partial charge on any atom is 0.223 e. The SMILES string of the molecule is O=C(NCc1c(F)ccc(F)c1Cl)C1CC1. The minimum atomic E-state index is -0.682. The first-order valence-corrected chi connectivity index (χ1v) is 5.37. The molecule has 1 aliphatic rings. The van der Waals surface area contributed by atoms with Gasteiger partial charge in [0.05, 0.1) is 5.02 Å². The summed E-state index contributed by atoms with van der Waals surface area (Å²) in [6, 6.07) is 1.96. The zero-order valence-electron chi connectivity index (χ0n) is 8.40. The zero-order chi connectivity index (χ0) is 11.7. The Balaban J connectivity index is 2.08. The molecule has 0 bridgehead atoms. The van der Waals surface area contributed by atoms with Crippen molar-refractivity contribution in [2.24, 2.45) is 5.92 Å². The van der Waals surface area contributed by atoms with Crippen molar-refractivity contribution in [1.29, 1.82) is 0 Å². The predicted molar refractivity (Wildman–Crippen MR) is 55.9 cm³/mol. The zero-order valence-corrected chi connectivity index (χ0v) is 9.15. The summed E-state index contributed by atoms with van der Waals surface area (Å²) in [7, 11) is 0. The number of hydrogen-bond donors (Lipinski definition) is 1. The molecule has 1 N–H and O–H groups in total. The summed E-state index contributed by atoms with van der Waals surface area (Å²) >= 11 is 5.61. The Morgan fingerprint density at radius 3 is 2.62 bits per heavy atom. The largest absolute Gasteiger partial charge is 0.352 e. The fraction of sp³-hybridized carbons (Fsp3) is 0.364. The van der Waals surface area contributed by atoms with Crippen LogP contribution in [0, 0.1) is 17.6 Å². The van der Waals surface area contributed by atoms with E-state index in [1.54, 1.807) is 0 Å². The van der Waals surface area contributed by atoms with Crippen molar-refractivity contribution in [3.05, 3.63) is 34.4 Å². The Hall–Kier alpha value is -1.16. The highest BCUT2D eigenvalue weighted by atomic mass is 35.5. The quantitative estimate of drug-likeness (QED) is 0.815. The van der Waals surface area contributed by atoms with Crippen LogP contribution < -0.4 is 5.32 Å². The van der Waals surface area contributed by atoms with E-state index in [2.05, 4.69) is 5.32 Å². The topological polar surface area (TPSA) is 29.1 Å². The van der Waals surface area contributed by atoms with Gasteiger partial charge >= 0.3 is 0 Å². The molecule has 2 nitrogen and oxygen atoms in total. The number of halogens is 3. The van der Waals surface area contributed by atoms with Crippen LogP contribution >= 0.6 is 11.6 Å². The van der Waals surface area contributed by atoms with Gasteiger partial charge in [0.25, 0.3) is 0 Å². The smallest absolute Gasteiger partial charge is 0.223 e. The Morgan fingerprint density at radius 1 is 1.38 bits per heavy atom. The lowest BCUT2D eigenvalue weighted by molar-refractivity contribution is -0.122. The van der Waals surface area contributed by atoms with Gasteiger partial charge in [0.2, 0.25) is 5.91 Å². The minimum absolute atomic E-state index is 0.00401. The van der Waals surface area contributed by atoms with Gasteiger partial charge in [-0.05, 0) is 25.0 Å². The summed E-state index contributed by atoms with van der Waals surface area (Å²) in [4.78, 5) is 11.3. The fourth-order valence-electron chi connectivity index (χ4n) is 1.40. The van der Waals surface area contributed by atoms with Crippen LogP contribution in [-0.4, -0.2) is 5.91 Å². The fourth-order valence-corrected chi connectivity index (χ4v) is 1.62. The molecule has 0 unspecified atom stereocenters. The summed E-state index contributed by atoms with van der Waals surface area (Å²) in [5.41, 5.74) is -0.00401. The van der Waals surface area contributed by atoms with Crippen LogP contribution in [0.15, 0.2) is 12.1 Å². The second-order valence-corrected chi connectivity index (χ2v) is 4.19. The van der Waals surface area contributed by atoms with E-state index in [1.807, 2.05) is 0 Å². The van der Waals surface area contributed by atoms with Crippen LogP contribution in [0.3, 0.4) is 0 Å². The molecule has 1 aliphatic carbocycles. The Morgan fingerprint density at radius 2 is 2.00 bits per heavy atom. The molecule has 1 aromatic rings. The molecular weight excluding hydrogens is 236 g/mol. The van der Waals surface area contributed by atoms with Gasteiger partial charge in [-0.3, -0.25) is 4.79 Å². The molecule has 0 atom stereocenters. The Kier molecular flexibility index (Phi) is 3.10. The monoisotopic (exact) mass is 245 g/mol. The van der Waals surface area contributed by atoms with Gasteiger partial charge in [-0.1, -0.05) is 11.6 Å². The van der Waals surface area contributed by atoms with Crippen molar-refractivity contribution in [2.75, 3.05) is 0 Å². The molecule has 0 spiro atoms. The van der Waals surface area contributed by atoms with E-state index < -0.39 is 11.6 Å². The third-order valence-corrected chi connectivity index (χ3v) is 2.94. The number of benzene rings is 1. The molecule has 1 aromatic carbocycles. The van der Waals surface area contributed by atoms with Gasteiger partial charge in [0.1, 0.15) is 11.6 Å². The van der Waals surface area contributed by atoms with Crippen LogP contribution in [0.1, 0.15) is 18.4 Å². The summed E-state index contributed by atoms with van der Waals surface area (Å²) < 4.78 is 26.3. The van der Waals surface area contributed by atoms with Crippen LogP contribution in [0.2, 0.25) is 5.02 Å².